The van der Waals surface area contributed by atoms with Crippen molar-refractivity contribution < 1.29 is 94.4 Å². The molecule has 0 aromatic heterocycles. The average Bonchev–Trinajstić information content (AvgIpc) is 2.67. The number of ether oxygens (including phenoxy) is 1. The third kappa shape index (κ3) is 24.0. The fraction of sp³-hybridized carbons (Fsp3) is 0.909. The minimum Gasteiger partial charge on any atom is -1.00 e. The monoisotopic (exact) mass is 498 g/mol. The standard InChI is InChI=1S/C22H42O7S.2Na.2H/c1-2-3-4-5-6-7-8-9-10-11-12-13-14-15-16-17-18-29-22(25)20(19-21(23)24)30(26,27)28;;;;/h20H,2-19H2,1H3,(H,23,24)(H,26,27,28);;;;/q;2*+1;2*-1. The molecule has 7 nitrogen and oxygen atoms in total. The number of hydrogen-bond acceptors (Lipinski definition) is 5. The zero-order valence-corrected chi connectivity index (χ0v) is 25.5. The van der Waals surface area contributed by atoms with Gasteiger partial charge in [-0.25, -0.2) is 0 Å². The van der Waals surface area contributed by atoms with Gasteiger partial charge in [0.15, 0.2) is 5.25 Å². The number of carboxylic acids is 1. The molecule has 182 valence electrons. The van der Waals surface area contributed by atoms with Gasteiger partial charge in [-0.05, 0) is 6.42 Å². The molecular formula is C22H44Na2O7S. The number of esters is 1. The Labute approximate surface area is 242 Å². The van der Waals surface area contributed by atoms with E-state index in [0.717, 1.165) is 19.3 Å². The van der Waals surface area contributed by atoms with Crippen LogP contribution in [0.4, 0.5) is 0 Å². The maximum atomic E-state index is 11.7. The molecule has 0 bridgehead atoms. The summed E-state index contributed by atoms with van der Waals surface area (Å²) in [6, 6.07) is 0. The number of rotatable bonds is 21. The van der Waals surface area contributed by atoms with E-state index in [1.807, 2.05) is 0 Å². The smallest absolute Gasteiger partial charge is 1.00 e. The molecule has 0 aliphatic rings. The first kappa shape index (κ1) is 37.4. The van der Waals surface area contributed by atoms with E-state index >= 15 is 0 Å². The molecule has 0 aromatic rings. The Kier molecular flexibility index (Phi) is 29.2. The van der Waals surface area contributed by atoms with Crippen molar-refractivity contribution in [3.63, 3.8) is 0 Å². The predicted molar refractivity (Wildman–Crippen MR) is 120 cm³/mol. The minimum absolute atomic E-state index is 0. The molecule has 0 radical (unpaired) electrons. The van der Waals surface area contributed by atoms with Gasteiger partial charge in [0, 0.05) is 0 Å². The Morgan fingerprint density at radius 3 is 1.41 bits per heavy atom. The Balaban J connectivity index is -0.000000701. The van der Waals surface area contributed by atoms with Crippen LogP contribution >= 0.6 is 0 Å². The Morgan fingerprint density at radius 1 is 0.750 bits per heavy atom. The van der Waals surface area contributed by atoms with Crippen molar-refractivity contribution in [1.82, 2.24) is 0 Å². The molecule has 0 heterocycles. The van der Waals surface area contributed by atoms with Gasteiger partial charge >= 0.3 is 71.1 Å². The van der Waals surface area contributed by atoms with Crippen molar-refractivity contribution in [3.05, 3.63) is 0 Å². The third-order valence-electron chi connectivity index (χ3n) is 5.22. The summed E-state index contributed by atoms with van der Waals surface area (Å²) in [6.45, 7) is 2.27. The molecule has 0 saturated carbocycles. The van der Waals surface area contributed by atoms with Crippen LogP contribution in [0.3, 0.4) is 0 Å². The summed E-state index contributed by atoms with van der Waals surface area (Å²) >= 11 is 0. The quantitative estimate of drug-likeness (QED) is 0.0970. The normalized spacial score (nSPS) is 11.8. The number of aliphatic carboxylic acids is 1. The molecule has 32 heavy (non-hydrogen) atoms. The van der Waals surface area contributed by atoms with Crippen molar-refractivity contribution in [2.75, 3.05) is 6.61 Å². The van der Waals surface area contributed by atoms with Crippen LogP contribution in [0, 0.1) is 0 Å². The van der Waals surface area contributed by atoms with Crippen molar-refractivity contribution >= 4 is 22.1 Å². The van der Waals surface area contributed by atoms with E-state index in [2.05, 4.69) is 6.92 Å². The summed E-state index contributed by atoms with van der Waals surface area (Å²) in [6.07, 6.45) is 18.5. The van der Waals surface area contributed by atoms with Crippen LogP contribution in [-0.4, -0.2) is 41.9 Å². The van der Waals surface area contributed by atoms with Crippen LogP contribution in [0.5, 0.6) is 0 Å². The van der Waals surface area contributed by atoms with Gasteiger partial charge in [0.25, 0.3) is 10.1 Å². The fourth-order valence-corrected chi connectivity index (χ4v) is 4.05. The van der Waals surface area contributed by atoms with Crippen LogP contribution in [0.15, 0.2) is 0 Å². The summed E-state index contributed by atoms with van der Waals surface area (Å²) in [5.74, 6) is -2.70. The Morgan fingerprint density at radius 2 is 1.09 bits per heavy atom. The summed E-state index contributed by atoms with van der Waals surface area (Å²) in [7, 11) is -4.79. The molecule has 1 atom stereocenters. The SMILES string of the molecule is CCCCCCCCCCCCCCCCCCOC(=O)C(CC(=O)O)S(=O)(=O)O.[H-].[H-].[Na+].[Na+]. The van der Waals surface area contributed by atoms with Gasteiger partial charge in [0.2, 0.25) is 0 Å². The largest absolute Gasteiger partial charge is 1.00 e. The van der Waals surface area contributed by atoms with E-state index in [4.69, 9.17) is 14.4 Å². The molecule has 1 unspecified atom stereocenters. The Bertz CT molecular complexity index is 567. The van der Waals surface area contributed by atoms with Crippen LogP contribution in [0.25, 0.3) is 0 Å². The summed E-state index contributed by atoms with van der Waals surface area (Å²) < 4.78 is 35.9. The average molecular weight is 499 g/mol. The molecule has 0 aliphatic heterocycles. The van der Waals surface area contributed by atoms with E-state index in [9.17, 15) is 18.0 Å². The maximum absolute atomic E-state index is 11.7. The molecule has 2 N–H and O–H groups in total. The molecule has 0 amide bonds. The molecular weight excluding hydrogens is 454 g/mol. The first-order chi connectivity index (χ1) is 14.3. The van der Waals surface area contributed by atoms with E-state index in [-0.39, 0.29) is 68.6 Å². The summed E-state index contributed by atoms with van der Waals surface area (Å²) in [4.78, 5) is 22.3. The van der Waals surface area contributed by atoms with Crippen molar-refractivity contribution in [2.24, 2.45) is 0 Å². The molecule has 0 saturated heterocycles. The zero-order valence-electron chi connectivity index (χ0n) is 22.6. The van der Waals surface area contributed by atoms with Gasteiger partial charge in [-0.1, -0.05) is 103 Å². The minimum atomic E-state index is -4.79. The molecule has 0 aliphatic carbocycles. The van der Waals surface area contributed by atoms with Gasteiger partial charge in [-0.15, -0.1) is 0 Å². The molecule has 0 rings (SSSR count). The zero-order chi connectivity index (χ0) is 22.7. The fourth-order valence-electron chi connectivity index (χ4n) is 3.38. The van der Waals surface area contributed by atoms with E-state index < -0.39 is 33.7 Å². The molecule has 0 spiro atoms. The van der Waals surface area contributed by atoms with Gasteiger partial charge in [-0.2, -0.15) is 8.42 Å². The van der Waals surface area contributed by atoms with E-state index in [1.165, 1.54) is 77.0 Å². The molecule has 0 fully saturated rings. The number of hydrogen-bond donors (Lipinski definition) is 2. The van der Waals surface area contributed by atoms with Crippen LogP contribution in [-0.2, 0) is 24.4 Å². The van der Waals surface area contributed by atoms with Crippen LogP contribution in [0.2, 0.25) is 0 Å². The number of carbonyl (C=O) groups excluding carboxylic acids is 1. The number of unbranched alkanes of at least 4 members (excludes halogenated alkanes) is 15. The topological polar surface area (TPSA) is 118 Å². The first-order valence-corrected chi connectivity index (χ1v) is 13.1. The summed E-state index contributed by atoms with van der Waals surface area (Å²) in [5, 5.41) is 6.57. The maximum Gasteiger partial charge on any atom is 1.00 e. The predicted octanol–water partition coefficient (Wildman–Crippen LogP) is -0.245. The van der Waals surface area contributed by atoms with E-state index in [0.29, 0.717) is 6.42 Å². The Hall–Kier alpha value is 0.850. The van der Waals surface area contributed by atoms with Gasteiger partial charge in [0.1, 0.15) is 0 Å². The number of carbonyl (C=O) groups is 2. The second kappa shape index (κ2) is 25.0. The van der Waals surface area contributed by atoms with Gasteiger partial charge < -0.3 is 12.7 Å². The van der Waals surface area contributed by atoms with Crippen LogP contribution in [0.1, 0.15) is 119 Å². The van der Waals surface area contributed by atoms with Gasteiger partial charge in [0.05, 0.1) is 13.0 Å². The van der Waals surface area contributed by atoms with Gasteiger partial charge in [-0.3, -0.25) is 14.1 Å². The second-order valence-corrected chi connectivity index (χ2v) is 9.67. The third-order valence-corrected chi connectivity index (χ3v) is 6.30. The van der Waals surface area contributed by atoms with Crippen molar-refractivity contribution in [2.45, 2.75) is 121 Å². The molecule has 10 heteroatoms. The molecule has 0 aromatic carbocycles. The van der Waals surface area contributed by atoms with E-state index in [1.54, 1.807) is 0 Å². The van der Waals surface area contributed by atoms with Crippen LogP contribution < -0.4 is 59.1 Å². The first-order valence-electron chi connectivity index (χ1n) is 11.6. The second-order valence-electron chi connectivity index (χ2n) is 8.07. The summed E-state index contributed by atoms with van der Waals surface area (Å²) in [5.41, 5.74) is 0. The van der Waals surface area contributed by atoms with Crippen molar-refractivity contribution in [3.8, 4) is 0 Å². The van der Waals surface area contributed by atoms with Crippen molar-refractivity contribution in [1.29, 1.82) is 0 Å². The number of carboxylic acid groups (broad SMARTS) is 1.